The summed E-state index contributed by atoms with van der Waals surface area (Å²) >= 11 is 0. The molecule has 0 nitrogen and oxygen atoms in total. The zero-order valence-corrected chi connectivity index (χ0v) is 12.0. The summed E-state index contributed by atoms with van der Waals surface area (Å²) in [4.78, 5) is 0. The molecular weight excluding hydrogens is 210 g/mol. The molecule has 2 radical (unpaired) electrons. The second-order valence-electron chi connectivity index (χ2n) is 0. The van der Waals surface area contributed by atoms with Gasteiger partial charge in [0.1, 0.15) is 0 Å². The largest absolute Gasteiger partial charge is 0.358 e. The summed E-state index contributed by atoms with van der Waals surface area (Å²) in [7, 11) is 0. The van der Waals surface area contributed by atoms with Crippen LogP contribution in [-0.2, 0) is 32.7 Å². The van der Waals surface area contributed by atoms with Crippen LogP contribution in [0.3, 0.4) is 0 Å². The van der Waals surface area contributed by atoms with E-state index in [0.717, 1.165) is 0 Å². The van der Waals surface area contributed by atoms with Gasteiger partial charge in [-0.3, -0.25) is 0 Å². The molecule has 0 aromatic heterocycles. The molecule has 26 valence electrons. The molecule has 0 N–H and O–H groups in total. The van der Waals surface area contributed by atoms with Crippen LogP contribution in [0.2, 0.25) is 0 Å². The molecule has 0 saturated carbocycles. The van der Waals surface area contributed by atoms with Crippen molar-refractivity contribution in [1.82, 2.24) is 0 Å². The van der Waals surface area contributed by atoms with E-state index >= 15 is 0 Å². The van der Waals surface area contributed by atoms with Crippen molar-refractivity contribution in [2.24, 2.45) is 0 Å². The van der Waals surface area contributed by atoms with Crippen molar-refractivity contribution in [2.75, 3.05) is 0 Å². The Kier molecular flexibility index (Phi) is 141. The molecule has 0 heterocycles. The molecular formula is C3H8RbY-2. The molecule has 0 aliphatic heterocycles. The maximum Gasteiger partial charge on any atom is 0 e. The monoisotopic (exact) mass is 218 g/mol. The van der Waals surface area contributed by atoms with Gasteiger partial charge < -0.3 is 14.4 Å². The predicted octanol–water partition coefficient (Wildman–Crippen LogP) is 0.907. The Bertz CT molecular complexity index is 6.85. The van der Waals surface area contributed by atoms with Gasteiger partial charge in [-0.1, -0.05) is 0 Å². The van der Waals surface area contributed by atoms with Crippen LogP contribution in [-0.4, -0.2) is 58.2 Å². The topological polar surface area (TPSA) is 0 Å². The standard InChI is InChI=1S/C2H5.CH3.Rb.Y/c1-2;;;/h1H2,2H3;1H3;;/q2*-1;;. The van der Waals surface area contributed by atoms with Crippen molar-refractivity contribution in [3.63, 3.8) is 0 Å². The molecule has 0 aliphatic carbocycles. The average Bonchev–Trinajstić information content (AvgIpc) is 1.00. The van der Waals surface area contributed by atoms with Crippen LogP contribution in [0, 0.1) is 14.4 Å². The van der Waals surface area contributed by atoms with E-state index in [0.29, 0.717) is 0 Å². The molecule has 0 spiro atoms. The molecule has 0 atom stereocenters. The van der Waals surface area contributed by atoms with Crippen molar-refractivity contribution in [3.05, 3.63) is 14.4 Å². The van der Waals surface area contributed by atoms with Crippen molar-refractivity contribution in [2.45, 2.75) is 6.92 Å². The van der Waals surface area contributed by atoms with Crippen LogP contribution in [0.25, 0.3) is 0 Å². The second kappa shape index (κ2) is 28.5. The summed E-state index contributed by atoms with van der Waals surface area (Å²) < 4.78 is 0. The first-order chi connectivity index (χ1) is 1.00. The normalized spacial score (nSPS) is 1.20. The minimum absolute atomic E-state index is 0. The Hall–Kier alpha value is 2.91. The van der Waals surface area contributed by atoms with Gasteiger partial charge in [-0.25, -0.2) is 0 Å². The van der Waals surface area contributed by atoms with Gasteiger partial charge in [0.2, 0.25) is 0 Å². The van der Waals surface area contributed by atoms with Crippen LogP contribution in [0.5, 0.6) is 0 Å². The molecule has 0 aromatic rings. The van der Waals surface area contributed by atoms with Gasteiger partial charge in [0, 0.05) is 90.9 Å². The zero-order valence-electron chi connectivity index (χ0n) is 4.28. The fraction of sp³-hybridized carbons (Fsp3) is 0.333. The van der Waals surface area contributed by atoms with Crippen LogP contribution in [0.15, 0.2) is 0 Å². The van der Waals surface area contributed by atoms with E-state index in [-0.39, 0.29) is 98.3 Å². The summed E-state index contributed by atoms with van der Waals surface area (Å²) in [6.07, 6.45) is 0. The van der Waals surface area contributed by atoms with Gasteiger partial charge in [-0.2, -0.15) is 6.92 Å². The van der Waals surface area contributed by atoms with E-state index in [1.807, 2.05) is 0 Å². The Labute approximate surface area is 109 Å². The Morgan fingerprint density at radius 1 is 1.20 bits per heavy atom. The van der Waals surface area contributed by atoms with E-state index in [2.05, 4.69) is 6.92 Å². The number of hydrogen-bond donors (Lipinski definition) is 0. The van der Waals surface area contributed by atoms with Crippen molar-refractivity contribution in [3.8, 4) is 0 Å². The summed E-state index contributed by atoms with van der Waals surface area (Å²) in [6.45, 7) is 5.00. The van der Waals surface area contributed by atoms with Gasteiger partial charge in [0.25, 0.3) is 0 Å². The molecule has 0 amide bonds. The molecule has 0 aromatic carbocycles. The van der Waals surface area contributed by atoms with Gasteiger partial charge in [0.05, 0.1) is 0 Å². The molecule has 2 heteroatoms. The maximum absolute atomic E-state index is 3.25. The number of hydrogen-bond acceptors (Lipinski definition) is 0. The quantitative estimate of drug-likeness (QED) is 0.530. The van der Waals surface area contributed by atoms with E-state index in [4.69, 9.17) is 0 Å². The molecule has 0 rings (SSSR count). The molecule has 0 saturated heterocycles. The summed E-state index contributed by atoms with van der Waals surface area (Å²) in [5, 5.41) is 0. The van der Waals surface area contributed by atoms with Gasteiger partial charge in [-0.15, -0.1) is 0 Å². The van der Waals surface area contributed by atoms with Crippen LogP contribution in [0.4, 0.5) is 0 Å². The fourth-order valence-electron chi connectivity index (χ4n) is 0. The van der Waals surface area contributed by atoms with E-state index in [9.17, 15) is 0 Å². The molecule has 0 unspecified atom stereocenters. The molecule has 0 aliphatic rings. The molecule has 0 fully saturated rings. The van der Waals surface area contributed by atoms with Crippen LogP contribution in [0.1, 0.15) is 6.92 Å². The third kappa shape index (κ3) is 19.7. The fourth-order valence-corrected chi connectivity index (χ4v) is 0. The average molecular weight is 218 g/mol. The van der Waals surface area contributed by atoms with E-state index in [1.54, 1.807) is 6.92 Å². The van der Waals surface area contributed by atoms with Gasteiger partial charge in [0.15, 0.2) is 0 Å². The van der Waals surface area contributed by atoms with Crippen LogP contribution >= 0.6 is 0 Å². The van der Waals surface area contributed by atoms with Crippen molar-refractivity contribution < 1.29 is 32.7 Å². The van der Waals surface area contributed by atoms with E-state index in [1.165, 1.54) is 0 Å². The second-order valence-corrected chi connectivity index (χ2v) is 0. The van der Waals surface area contributed by atoms with Crippen LogP contribution < -0.4 is 0 Å². The Morgan fingerprint density at radius 2 is 1.20 bits per heavy atom. The van der Waals surface area contributed by atoms with Gasteiger partial charge >= 0.3 is 0 Å². The zero-order chi connectivity index (χ0) is 2.00. The summed E-state index contributed by atoms with van der Waals surface area (Å²) in [5.41, 5.74) is 0. The molecule has 0 bridgehead atoms. The number of rotatable bonds is 0. The first kappa shape index (κ1) is 24.7. The Morgan fingerprint density at radius 3 is 1.20 bits per heavy atom. The third-order valence-corrected chi connectivity index (χ3v) is 0. The summed E-state index contributed by atoms with van der Waals surface area (Å²) in [5.74, 6) is 0. The van der Waals surface area contributed by atoms with E-state index < -0.39 is 0 Å². The SMILES string of the molecule is [CH2-]C.[CH3-].[Rb].[Y]. The predicted molar refractivity (Wildman–Crippen MR) is 23.2 cm³/mol. The third-order valence-electron chi connectivity index (χ3n) is 0. The maximum atomic E-state index is 3.25. The smallest absolute Gasteiger partial charge is 0 e. The first-order valence-corrected chi connectivity index (χ1v) is 0.707. The molecule has 5 heavy (non-hydrogen) atoms. The first-order valence-electron chi connectivity index (χ1n) is 0.707. The van der Waals surface area contributed by atoms with Gasteiger partial charge in [-0.05, 0) is 0 Å². The Balaban J connectivity index is -0.00000000167. The minimum Gasteiger partial charge on any atom is -0.358 e. The minimum atomic E-state index is 0. The summed E-state index contributed by atoms with van der Waals surface area (Å²) in [6, 6.07) is 0. The van der Waals surface area contributed by atoms with Crippen molar-refractivity contribution in [1.29, 1.82) is 0 Å². The van der Waals surface area contributed by atoms with Crippen molar-refractivity contribution >= 4 is 58.2 Å².